The highest BCUT2D eigenvalue weighted by Crippen LogP contribution is 2.21. The summed E-state index contributed by atoms with van der Waals surface area (Å²) in [5.41, 5.74) is 0. The molecule has 2 aromatic heterocycles. The van der Waals surface area contributed by atoms with Crippen LogP contribution in [0.3, 0.4) is 0 Å². The van der Waals surface area contributed by atoms with Gasteiger partial charge >= 0.3 is 0 Å². The van der Waals surface area contributed by atoms with Crippen LogP contribution < -0.4 is 10.2 Å². The second-order valence-electron chi connectivity index (χ2n) is 5.10. The third kappa shape index (κ3) is 2.56. The number of aromatic nitrogens is 5. The summed E-state index contributed by atoms with van der Waals surface area (Å²) in [6.07, 6.45) is 6.43. The lowest BCUT2D eigenvalue weighted by Gasteiger charge is -2.17. The monoisotopic (exact) mass is 273 g/mol. The molecular formula is C13H19N7. The molecule has 7 nitrogen and oxygen atoms in total. The van der Waals surface area contributed by atoms with Crippen LogP contribution in [0, 0.1) is 5.92 Å². The van der Waals surface area contributed by atoms with Crippen molar-refractivity contribution >= 4 is 11.9 Å². The molecular weight excluding hydrogens is 254 g/mol. The number of anilines is 2. The molecule has 7 heteroatoms. The smallest absolute Gasteiger partial charge is 0.241 e. The first-order chi connectivity index (χ1) is 9.76. The van der Waals surface area contributed by atoms with Crippen LogP contribution in [0.15, 0.2) is 18.7 Å². The van der Waals surface area contributed by atoms with E-state index in [1.165, 1.54) is 6.42 Å². The predicted molar refractivity (Wildman–Crippen MR) is 77.1 cm³/mol. The number of nitrogens with zero attached hydrogens (tertiary/aromatic N) is 6. The molecule has 0 amide bonds. The van der Waals surface area contributed by atoms with Gasteiger partial charge in [-0.1, -0.05) is 6.92 Å². The van der Waals surface area contributed by atoms with E-state index < -0.39 is 0 Å². The lowest BCUT2D eigenvalue weighted by Crippen LogP contribution is -2.23. The Morgan fingerprint density at radius 2 is 2.15 bits per heavy atom. The zero-order valence-electron chi connectivity index (χ0n) is 11.8. The first kappa shape index (κ1) is 12.8. The van der Waals surface area contributed by atoms with Gasteiger partial charge < -0.3 is 10.2 Å². The zero-order valence-corrected chi connectivity index (χ0v) is 11.8. The molecule has 1 atom stereocenters. The second kappa shape index (κ2) is 5.44. The Labute approximate surface area is 118 Å². The predicted octanol–water partition coefficient (Wildman–Crippen LogP) is 1.34. The number of imidazole rings is 1. The Bertz CT molecular complexity index is 566. The van der Waals surface area contributed by atoms with Crippen LogP contribution in [0.4, 0.5) is 11.9 Å². The molecule has 2 aromatic rings. The molecule has 1 aliphatic rings. The van der Waals surface area contributed by atoms with Gasteiger partial charge in [0.1, 0.15) is 6.33 Å². The highest BCUT2D eigenvalue weighted by Gasteiger charge is 2.22. The quantitative estimate of drug-likeness (QED) is 0.906. The number of hydrogen-bond acceptors (Lipinski definition) is 6. The number of rotatable bonds is 4. The van der Waals surface area contributed by atoms with Gasteiger partial charge in [-0.05, 0) is 19.3 Å². The minimum Gasteiger partial charge on any atom is -0.354 e. The van der Waals surface area contributed by atoms with Gasteiger partial charge in [-0.15, -0.1) is 0 Å². The van der Waals surface area contributed by atoms with Crippen LogP contribution in [0.25, 0.3) is 5.95 Å². The Morgan fingerprint density at radius 3 is 2.80 bits per heavy atom. The molecule has 20 heavy (non-hydrogen) atoms. The van der Waals surface area contributed by atoms with E-state index in [0.717, 1.165) is 25.6 Å². The fraction of sp³-hybridized carbons (Fsp3) is 0.538. The zero-order chi connectivity index (χ0) is 13.9. The van der Waals surface area contributed by atoms with Crippen molar-refractivity contribution in [1.29, 1.82) is 0 Å². The van der Waals surface area contributed by atoms with Gasteiger partial charge in [0.15, 0.2) is 0 Å². The second-order valence-corrected chi connectivity index (χ2v) is 5.10. The van der Waals surface area contributed by atoms with E-state index in [4.69, 9.17) is 0 Å². The molecule has 3 rings (SSSR count). The van der Waals surface area contributed by atoms with Gasteiger partial charge in [-0.3, -0.25) is 4.57 Å². The molecule has 0 aromatic carbocycles. The Kier molecular flexibility index (Phi) is 3.49. The molecule has 0 aliphatic carbocycles. The first-order valence-electron chi connectivity index (χ1n) is 6.99. The molecule has 1 unspecified atom stereocenters. The maximum Gasteiger partial charge on any atom is 0.241 e. The minimum atomic E-state index is 0.600. The van der Waals surface area contributed by atoms with E-state index in [2.05, 4.69) is 37.1 Å². The average Bonchev–Trinajstić information content (AvgIpc) is 3.09. The lowest BCUT2D eigenvalue weighted by atomic mass is 10.2. The van der Waals surface area contributed by atoms with Crippen molar-refractivity contribution in [2.45, 2.75) is 20.3 Å². The largest absolute Gasteiger partial charge is 0.354 e. The summed E-state index contributed by atoms with van der Waals surface area (Å²) in [5.74, 6) is 2.64. The lowest BCUT2D eigenvalue weighted by molar-refractivity contribution is 0.657. The maximum atomic E-state index is 4.56. The Morgan fingerprint density at radius 1 is 1.30 bits per heavy atom. The van der Waals surface area contributed by atoms with Crippen molar-refractivity contribution < 1.29 is 0 Å². The van der Waals surface area contributed by atoms with Gasteiger partial charge in [0.25, 0.3) is 0 Å². The van der Waals surface area contributed by atoms with Crippen molar-refractivity contribution in [3.63, 3.8) is 0 Å². The summed E-state index contributed by atoms with van der Waals surface area (Å²) in [5, 5.41) is 3.16. The van der Waals surface area contributed by atoms with Gasteiger partial charge in [0.05, 0.1) is 0 Å². The average molecular weight is 273 g/mol. The molecule has 1 fully saturated rings. The van der Waals surface area contributed by atoms with Crippen LogP contribution in [-0.2, 0) is 0 Å². The highest BCUT2D eigenvalue weighted by atomic mass is 15.3. The van der Waals surface area contributed by atoms with Crippen molar-refractivity contribution in [2.24, 2.45) is 5.92 Å². The summed E-state index contributed by atoms with van der Waals surface area (Å²) >= 11 is 0. The molecule has 0 spiro atoms. The van der Waals surface area contributed by atoms with Crippen molar-refractivity contribution in [1.82, 2.24) is 24.5 Å². The minimum absolute atomic E-state index is 0.600. The fourth-order valence-electron chi connectivity index (χ4n) is 2.34. The number of nitrogens with one attached hydrogen (secondary N) is 1. The molecule has 1 aliphatic heterocycles. The van der Waals surface area contributed by atoms with E-state index in [1.54, 1.807) is 17.1 Å². The van der Waals surface area contributed by atoms with E-state index >= 15 is 0 Å². The van der Waals surface area contributed by atoms with Crippen LogP contribution in [0.1, 0.15) is 20.3 Å². The molecule has 1 N–H and O–H groups in total. The van der Waals surface area contributed by atoms with Gasteiger partial charge in [-0.25, -0.2) is 4.98 Å². The highest BCUT2D eigenvalue weighted by molar-refractivity contribution is 5.41. The molecule has 0 saturated carbocycles. The Hall–Kier alpha value is -2.18. The van der Waals surface area contributed by atoms with Crippen molar-refractivity contribution in [3.05, 3.63) is 18.7 Å². The topological polar surface area (TPSA) is 71.8 Å². The summed E-state index contributed by atoms with van der Waals surface area (Å²) in [4.78, 5) is 19.7. The van der Waals surface area contributed by atoms with Gasteiger partial charge in [0.2, 0.25) is 17.8 Å². The molecule has 0 radical (unpaired) electrons. The molecule has 1 saturated heterocycles. The van der Waals surface area contributed by atoms with Crippen LogP contribution in [0.2, 0.25) is 0 Å². The summed E-state index contributed by atoms with van der Waals surface area (Å²) < 4.78 is 1.80. The fourth-order valence-corrected chi connectivity index (χ4v) is 2.34. The van der Waals surface area contributed by atoms with Crippen LogP contribution in [-0.4, -0.2) is 44.1 Å². The standard InChI is InChI=1S/C13H19N7/c1-3-15-11-16-12(19-6-4-10(2)8-19)18-13(17-11)20-7-5-14-9-20/h5,7,9-10H,3-4,6,8H2,1-2H3,(H,15,16,17,18). The summed E-state index contributed by atoms with van der Waals surface area (Å²) in [7, 11) is 0. The van der Waals surface area contributed by atoms with E-state index in [0.29, 0.717) is 17.8 Å². The van der Waals surface area contributed by atoms with Crippen molar-refractivity contribution in [2.75, 3.05) is 29.9 Å². The third-order valence-electron chi connectivity index (χ3n) is 3.39. The van der Waals surface area contributed by atoms with E-state index in [9.17, 15) is 0 Å². The third-order valence-corrected chi connectivity index (χ3v) is 3.39. The maximum absolute atomic E-state index is 4.56. The number of hydrogen-bond donors (Lipinski definition) is 1. The molecule has 106 valence electrons. The molecule has 3 heterocycles. The van der Waals surface area contributed by atoms with Crippen LogP contribution in [0.5, 0.6) is 0 Å². The summed E-state index contributed by atoms with van der Waals surface area (Å²) in [6, 6.07) is 0. The summed E-state index contributed by atoms with van der Waals surface area (Å²) in [6.45, 7) is 7.06. The van der Waals surface area contributed by atoms with E-state index in [1.807, 2.05) is 13.1 Å². The van der Waals surface area contributed by atoms with Gasteiger partial charge in [-0.2, -0.15) is 15.0 Å². The van der Waals surface area contributed by atoms with Gasteiger partial charge in [0, 0.05) is 32.0 Å². The Balaban J connectivity index is 1.96. The molecule has 0 bridgehead atoms. The first-order valence-corrected chi connectivity index (χ1v) is 6.99. The van der Waals surface area contributed by atoms with Crippen molar-refractivity contribution in [3.8, 4) is 5.95 Å². The normalized spacial score (nSPS) is 18.5. The van der Waals surface area contributed by atoms with E-state index in [-0.39, 0.29) is 0 Å². The van der Waals surface area contributed by atoms with Crippen LogP contribution >= 0.6 is 0 Å². The SMILES string of the molecule is CCNc1nc(N2CCC(C)C2)nc(-n2ccnc2)n1.